The summed E-state index contributed by atoms with van der Waals surface area (Å²) in [5, 5.41) is 11.0. The van der Waals surface area contributed by atoms with Gasteiger partial charge in [-0.1, -0.05) is 35.3 Å². The van der Waals surface area contributed by atoms with Crippen LogP contribution in [0.4, 0.5) is 5.69 Å². The molecular weight excluding hydrogens is 329 g/mol. The molecule has 0 aromatic heterocycles. The first kappa shape index (κ1) is 14.6. The van der Waals surface area contributed by atoms with Crippen LogP contribution < -0.4 is 4.90 Å². The van der Waals surface area contributed by atoms with E-state index in [1.54, 1.807) is 29.2 Å². The fourth-order valence-electron chi connectivity index (χ4n) is 2.25. The Balaban J connectivity index is 2.03. The summed E-state index contributed by atoms with van der Waals surface area (Å²) in [4.78, 5) is 13.8. The third-order valence-electron chi connectivity index (χ3n) is 3.22. The summed E-state index contributed by atoms with van der Waals surface area (Å²) in [6, 6.07) is 12.0. The lowest BCUT2D eigenvalue weighted by Gasteiger charge is -2.25. The summed E-state index contributed by atoms with van der Waals surface area (Å²) >= 11 is 13.4. The molecule has 1 amide bonds. The van der Waals surface area contributed by atoms with E-state index >= 15 is 0 Å². The number of hydrogen-bond donors (Lipinski definition) is 1. The van der Waals surface area contributed by atoms with E-state index in [1.807, 2.05) is 12.1 Å². The number of hydrogen-bond acceptors (Lipinski definition) is 3. The molecular formula is C15H11Cl2NO2S. The lowest BCUT2D eigenvalue weighted by molar-refractivity contribution is -0.115. The minimum absolute atomic E-state index is 0.0363. The first-order valence-electron chi connectivity index (χ1n) is 6.24. The molecule has 1 N–H and O–H groups in total. The third-order valence-corrected chi connectivity index (χ3v) is 4.92. The zero-order valence-corrected chi connectivity index (χ0v) is 13.1. The minimum Gasteiger partial charge on any atom is -0.506 e. The Hall–Kier alpha value is -1.36. The van der Waals surface area contributed by atoms with Gasteiger partial charge in [0.2, 0.25) is 5.91 Å². The predicted molar refractivity (Wildman–Crippen MR) is 87.3 cm³/mol. The smallest absolute Gasteiger partial charge is 0.238 e. The molecule has 2 aromatic rings. The Morgan fingerprint density at radius 1 is 1.10 bits per heavy atom. The summed E-state index contributed by atoms with van der Waals surface area (Å²) < 4.78 is 0. The fraction of sp³-hybridized carbons (Fsp3) is 0.133. The zero-order chi connectivity index (χ0) is 15.0. The highest BCUT2D eigenvalue weighted by atomic mass is 35.5. The van der Waals surface area contributed by atoms with Crippen molar-refractivity contribution in [2.24, 2.45) is 0 Å². The maximum Gasteiger partial charge on any atom is 0.238 e. The Labute approximate surface area is 136 Å². The van der Waals surface area contributed by atoms with Gasteiger partial charge in [-0.15, -0.1) is 11.8 Å². The topological polar surface area (TPSA) is 40.5 Å². The first-order valence-corrected chi connectivity index (χ1v) is 8.04. The van der Waals surface area contributed by atoms with Gasteiger partial charge in [0.05, 0.1) is 11.4 Å². The van der Waals surface area contributed by atoms with E-state index in [0.29, 0.717) is 21.5 Å². The average Bonchev–Trinajstić information content (AvgIpc) is 2.84. The number of nitrogens with zero attached hydrogens (tertiary/aromatic N) is 1. The van der Waals surface area contributed by atoms with E-state index in [1.165, 1.54) is 17.8 Å². The second-order valence-corrected chi connectivity index (χ2v) is 6.55. The molecule has 1 aliphatic rings. The number of carbonyl (C=O) groups excluding carboxylic acids is 1. The molecule has 0 spiro atoms. The van der Waals surface area contributed by atoms with E-state index in [0.717, 1.165) is 5.56 Å². The molecule has 2 aromatic carbocycles. The molecule has 0 radical (unpaired) electrons. The molecule has 0 bridgehead atoms. The van der Waals surface area contributed by atoms with E-state index in [-0.39, 0.29) is 17.0 Å². The molecule has 3 nitrogen and oxygen atoms in total. The van der Waals surface area contributed by atoms with Gasteiger partial charge >= 0.3 is 0 Å². The lowest BCUT2D eigenvalue weighted by atomic mass is 10.2. The van der Waals surface area contributed by atoms with E-state index < -0.39 is 0 Å². The molecule has 1 saturated heterocycles. The van der Waals surface area contributed by atoms with E-state index in [9.17, 15) is 9.90 Å². The van der Waals surface area contributed by atoms with Gasteiger partial charge in [0.1, 0.15) is 11.1 Å². The van der Waals surface area contributed by atoms with Gasteiger partial charge < -0.3 is 5.11 Å². The van der Waals surface area contributed by atoms with Crippen molar-refractivity contribution in [3.05, 3.63) is 58.1 Å². The van der Waals surface area contributed by atoms with Crippen molar-refractivity contribution < 1.29 is 9.90 Å². The zero-order valence-electron chi connectivity index (χ0n) is 10.8. The van der Waals surface area contributed by atoms with Crippen LogP contribution in [-0.2, 0) is 4.79 Å². The molecule has 0 saturated carbocycles. The molecule has 0 unspecified atom stereocenters. The number of benzene rings is 2. The fourth-order valence-corrected chi connectivity index (χ4v) is 3.71. The largest absolute Gasteiger partial charge is 0.506 e. The first-order chi connectivity index (χ1) is 10.1. The second-order valence-electron chi connectivity index (χ2n) is 4.61. The Morgan fingerprint density at radius 3 is 2.48 bits per heavy atom. The monoisotopic (exact) mass is 339 g/mol. The average molecular weight is 340 g/mol. The van der Waals surface area contributed by atoms with Gasteiger partial charge in [0.15, 0.2) is 0 Å². The van der Waals surface area contributed by atoms with Crippen molar-refractivity contribution in [2.75, 3.05) is 10.7 Å². The van der Waals surface area contributed by atoms with Crippen molar-refractivity contribution in [1.29, 1.82) is 0 Å². The number of phenols is 1. The summed E-state index contributed by atoms with van der Waals surface area (Å²) in [7, 11) is 0. The molecule has 1 heterocycles. The number of halogens is 2. The highest BCUT2D eigenvalue weighted by Gasteiger charge is 2.35. The lowest BCUT2D eigenvalue weighted by Crippen LogP contribution is -2.27. The number of amides is 1. The quantitative estimate of drug-likeness (QED) is 0.876. The Bertz CT molecular complexity index is 691. The van der Waals surface area contributed by atoms with Crippen LogP contribution >= 0.6 is 35.0 Å². The van der Waals surface area contributed by atoms with Crippen LogP contribution in [0.3, 0.4) is 0 Å². The highest BCUT2D eigenvalue weighted by molar-refractivity contribution is 8.00. The van der Waals surface area contributed by atoms with Crippen LogP contribution in [0, 0.1) is 0 Å². The normalized spacial score (nSPS) is 18.3. The van der Waals surface area contributed by atoms with Crippen molar-refractivity contribution >= 4 is 46.6 Å². The SMILES string of the molecule is O=C1CS[C@@H](c2ccc(Cl)cc2)N1c1cc(Cl)ccc1O. The van der Waals surface area contributed by atoms with Crippen LogP contribution in [0.25, 0.3) is 0 Å². The van der Waals surface area contributed by atoms with Crippen molar-refractivity contribution in [2.45, 2.75) is 5.37 Å². The molecule has 1 fully saturated rings. The van der Waals surface area contributed by atoms with E-state index in [2.05, 4.69) is 0 Å². The maximum atomic E-state index is 12.2. The van der Waals surface area contributed by atoms with Gasteiger partial charge in [0, 0.05) is 10.0 Å². The molecule has 1 aliphatic heterocycles. The standard InChI is InChI=1S/C15H11Cl2NO2S/c16-10-3-1-9(2-4-10)15-18(14(20)8-21-15)12-7-11(17)5-6-13(12)19/h1-7,15,19H,8H2/t15-/m0/s1. The predicted octanol–water partition coefficient (Wildman–Crippen LogP) is 4.48. The van der Waals surface area contributed by atoms with Crippen LogP contribution in [0.1, 0.15) is 10.9 Å². The number of rotatable bonds is 2. The van der Waals surface area contributed by atoms with Crippen molar-refractivity contribution in [3.63, 3.8) is 0 Å². The van der Waals surface area contributed by atoms with Crippen LogP contribution in [0.5, 0.6) is 5.75 Å². The van der Waals surface area contributed by atoms with E-state index in [4.69, 9.17) is 23.2 Å². The molecule has 21 heavy (non-hydrogen) atoms. The summed E-state index contributed by atoms with van der Waals surface area (Å²) in [6.07, 6.45) is 0. The third kappa shape index (κ3) is 2.84. The molecule has 6 heteroatoms. The summed E-state index contributed by atoms with van der Waals surface area (Å²) in [5.74, 6) is 0.339. The molecule has 108 valence electrons. The number of aromatic hydroxyl groups is 1. The molecule has 3 rings (SSSR count). The van der Waals surface area contributed by atoms with Crippen LogP contribution in [0.15, 0.2) is 42.5 Å². The van der Waals surface area contributed by atoms with Crippen molar-refractivity contribution in [1.82, 2.24) is 0 Å². The number of thioether (sulfide) groups is 1. The van der Waals surface area contributed by atoms with Gasteiger partial charge in [-0.3, -0.25) is 9.69 Å². The summed E-state index contributed by atoms with van der Waals surface area (Å²) in [5.41, 5.74) is 1.38. The molecule has 1 atom stereocenters. The highest BCUT2D eigenvalue weighted by Crippen LogP contribution is 2.45. The van der Waals surface area contributed by atoms with Gasteiger partial charge in [-0.25, -0.2) is 0 Å². The Kier molecular flexibility index (Phi) is 4.02. The summed E-state index contributed by atoms with van der Waals surface area (Å²) in [6.45, 7) is 0. The van der Waals surface area contributed by atoms with Crippen molar-refractivity contribution in [3.8, 4) is 5.75 Å². The second kappa shape index (κ2) is 5.79. The minimum atomic E-state index is -0.195. The molecule has 0 aliphatic carbocycles. The number of phenolic OH excluding ortho intramolecular Hbond substituents is 1. The Morgan fingerprint density at radius 2 is 1.76 bits per heavy atom. The number of carbonyl (C=O) groups is 1. The maximum absolute atomic E-state index is 12.2. The van der Waals surface area contributed by atoms with Gasteiger partial charge in [-0.05, 0) is 35.9 Å². The van der Waals surface area contributed by atoms with Crippen LogP contribution in [0.2, 0.25) is 10.0 Å². The van der Waals surface area contributed by atoms with Crippen LogP contribution in [-0.4, -0.2) is 16.8 Å². The van der Waals surface area contributed by atoms with Gasteiger partial charge in [0.25, 0.3) is 0 Å². The number of anilines is 1. The van der Waals surface area contributed by atoms with Gasteiger partial charge in [-0.2, -0.15) is 0 Å².